The Bertz CT molecular complexity index is 415. The van der Waals surface area contributed by atoms with Gasteiger partial charge in [-0.2, -0.15) is 13.2 Å². The van der Waals surface area contributed by atoms with Crippen molar-refractivity contribution in [3.05, 3.63) is 34.9 Å². The topological polar surface area (TPSA) is 38.0 Å². The summed E-state index contributed by atoms with van der Waals surface area (Å²) in [5.74, 6) is 5.19. The Hall–Kier alpha value is -1.07. The third-order valence-electron chi connectivity index (χ3n) is 3.36. The van der Waals surface area contributed by atoms with E-state index in [-0.39, 0.29) is 0 Å². The average molecular weight is 258 g/mol. The van der Waals surface area contributed by atoms with E-state index in [1.54, 1.807) is 0 Å². The highest BCUT2D eigenvalue weighted by molar-refractivity contribution is 5.35. The molecule has 1 atom stereocenters. The van der Waals surface area contributed by atoms with E-state index >= 15 is 0 Å². The molecule has 100 valence electrons. The number of alkyl halides is 3. The van der Waals surface area contributed by atoms with E-state index in [1.807, 2.05) is 18.2 Å². The fraction of sp³-hybridized carbons (Fsp3) is 0.538. The lowest BCUT2D eigenvalue weighted by Crippen LogP contribution is -2.40. The van der Waals surface area contributed by atoms with Crippen molar-refractivity contribution in [3.63, 3.8) is 0 Å². The van der Waals surface area contributed by atoms with E-state index in [0.717, 1.165) is 24.8 Å². The summed E-state index contributed by atoms with van der Waals surface area (Å²) < 4.78 is 37.0. The summed E-state index contributed by atoms with van der Waals surface area (Å²) >= 11 is 0. The summed E-state index contributed by atoms with van der Waals surface area (Å²) in [6.07, 6.45) is -1.53. The highest BCUT2D eigenvalue weighted by Crippen LogP contribution is 2.26. The maximum Gasteiger partial charge on any atom is 0.390 e. The molecule has 0 saturated carbocycles. The van der Waals surface area contributed by atoms with Gasteiger partial charge in [0.15, 0.2) is 0 Å². The zero-order valence-electron chi connectivity index (χ0n) is 10.1. The Morgan fingerprint density at radius 2 is 1.94 bits per heavy atom. The van der Waals surface area contributed by atoms with Crippen molar-refractivity contribution < 1.29 is 13.2 Å². The second kappa shape index (κ2) is 5.28. The minimum atomic E-state index is -4.19. The van der Waals surface area contributed by atoms with Crippen molar-refractivity contribution in [2.75, 3.05) is 0 Å². The Morgan fingerprint density at radius 1 is 1.22 bits per heavy atom. The number of hydrogen-bond acceptors (Lipinski definition) is 2. The first-order valence-electron chi connectivity index (χ1n) is 6.11. The third kappa shape index (κ3) is 3.46. The lowest BCUT2D eigenvalue weighted by Gasteiger charge is -2.18. The molecule has 3 N–H and O–H groups in total. The molecule has 1 aliphatic rings. The molecule has 0 aliphatic heterocycles. The van der Waals surface area contributed by atoms with Crippen LogP contribution in [-0.2, 0) is 19.3 Å². The number of nitrogens with one attached hydrogen (secondary N) is 1. The van der Waals surface area contributed by atoms with Gasteiger partial charge in [-0.25, -0.2) is 0 Å². The van der Waals surface area contributed by atoms with E-state index in [1.165, 1.54) is 11.1 Å². The second-order valence-electron chi connectivity index (χ2n) is 4.84. The van der Waals surface area contributed by atoms with Crippen molar-refractivity contribution in [1.82, 2.24) is 5.43 Å². The van der Waals surface area contributed by atoms with Crippen LogP contribution in [0.2, 0.25) is 0 Å². The first-order valence-corrected chi connectivity index (χ1v) is 6.11. The number of rotatable bonds is 4. The highest BCUT2D eigenvalue weighted by atomic mass is 19.4. The summed E-state index contributed by atoms with van der Waals surface area (Å²) in [6.45, 7) is 0. The number of hydrogen-bond donors (Lipinski definition) is 2. The van der Waals surface area contributed by atoms with Gasteiger partial charge in [0, 0.05) is 6.04 Å². The maximum atomic E-state index is 12.3. The SMILES string of the molecule is NNC(Cc1ccc2c(c1)CCC2)CC(F)(F)F. The van der Waals surface area contributed by atoms with Gasteiger partial charge in [0.1, 0.15) is 0 Å². The Kier molecular flexibility index (Phi) is 3.92. The summed E-state index contributed by atoms with van der Waals surface area (Å²) in [7, 11) is 0. The van der Waals surface area contributed by atoms with Crippen molar-refractivity contribution in [2.24, 2.45) is 5.84 Å². The van der Waals surface area contributed by atoms with E-state index in [9.17, 15) is 13.2 Å². The van der Waals surface area contributed by atoms with Gasteiger partial charge in [0.05, 0.1) is 6.42 Å². The number of fused-ring (bicyclic) bond motifs is 1. The molecule has 0 heterocycles. The number of aryl methyl sites for hydroxylation is 2. The lowest BCUT2D eigenvalue weighted by atomic mass is 9.99. The minimum absolute atomic E-state index is 0.309. The van der Waals surface area contributed by atoms with Crippen molar-refractivity contribution >= 4 is 0 Å². The summed E-state index contributed by atoms with van der Waals surface area (Å²) in [4.78, 5) is 0. The van der Waals surface area contributed by atoms with Gasteiger partial charge in [0.25, 0.3) is 0 Å². The van der Waals surface area contributed by atoms with E-state index < -0.39 is 18.6 Å². The number of hydrazine groups is 1. The zero-order valence-corrected chi connectivity index (χ0v) is 10.1. The summed E-state index contributed by atoms with van der Waals surface area (Å²) in [5.41, 5.74) is 5.77. The molecular formula is C13H17F3N2. The minimum Gasteiger partial charge on any atom is -0.271 e. The van der Waals surface area contributed by atoms with Gasteiger partial charge in [0.2, 0.25) is 0 Å². The molecule has 1 unspecified atom stereocenters. The number of nitrogens with two attached hydrogens (primary N) is 1. The molecular weight excluding hydrogens is 241 g/mol. The van der Waals surface area contributed by atoms with Gasteiger partial charge in [-0.3, -0.25) is 11.3 Å². The van der Waals surface area contributed by atoms with E-state index in [2.05, 4.69) is 5.43 Å². The van der Waals surface area contributed by atoms with Crippen LogP contribution >= 0.6 is 0 Å². The van der Waals surface area contributed by atoms with Crippen LogP contribution in [0.25, 0.3) is 0 Å². The Labute approximate surface area is 104 Å². The largest absolute Gasteiger partial charge is 0.390 e. The van der Waals surface area contributed by atoms with Crippen LogP contribution in [0.1, 0.15) is 29.5 Å². The monoisotopic (exact) mass is 258 g/mol. The molecule has 1 aliphatic carbocycles. The van der Waals surface area contributed by atoms with Crippen LogP contribution in [-0.4, -0.2) is 12.2 Å². The first kappa shape index (κ1) is 13.4. The molecule has 2 nitrogen and oxygen atoms in total. The molecule has 1 aromatic carbocycles. The molecule has 2 rings (SSSR count). The van der Waals surface area contributed by atoms with Crippen LogP contribution in [0.3, 0.4) is 0 Å². The van der Waals surface area contributed by atoms with E-state index in [4.69, 9.17) is 5.84 Å². The van der Waals surface area contributed by atoms with Crippen molar-refractivity contribution in [2.45, 2.75) is 44.3 Å². The smallest absolute Gasteiger partial charge is 0.271 e. The molecule has 18 heavy (non-hydrogen) atoms. The third-order valence-corrected chi connectivity index (χ3v) is 3.36. The zero-order chi connectivity index (χ0) is 13.2. The maximum absolute atomic E-state index is 12.3. The molecule has 0 aromatic heterocycles. The predicted molar refractivity (Wildman–Crippen MR) is 64.0 cm³/mol. The Morgan fingerprint density at radius 3 is 2.61 bits per heavy atom. The van der Waals surface area contributed by atoms with Crippen molar-refractivity contribution in [3.8, 4) is 0 Å². The molecule has 0 saturated heterocycles. The summed E-state index contributed by atoms with van der Waals surface area (Å²) in [5, 5.41) is 0. The second-order valence-corrected chi connectivity index (χ2v) is 4.84. The van der Waals surface area contributed by atoms with Gasteiger partial charge < -0.3 is 0 Å². The molecule has 0 fully saturated rings. The molecule has 0 amide bonds. The average Bonchev–Trinajstić information content (AvgIpc) is 2.73. The van der Waals surface area contributed by atoms with Gasteiger partial charge >= 0.3 is 6.18 Å². The molecule has 1 aromatic rings. The first-order chi connectivity index (χ1) is 8.48. The fourth-order valence-corrected chi connectivity index (χ4v) is 2.51. The van der Waals surface area contributed by atoms with Crippen LogP contribution in [0, 0.1) is 0 Å². The van der Waals surface area contributed by atoms with E-state index in [0.29, 0.717) is 6.42 Å². The normalized spacial score (nSPS) is 16.7. The standard InChI is InChI=1S/C13H17F3N2/c14-13(15,16)8-12(18-17)7-9-4-5-10-2-1-3-11(10)6-9/h4-6,12,18H,1-3,7-8,17H2. The van der Waals surface area contributed by atoms with Gasteiger partial charge in [-0.05, 0) is 42.4 Å². The van der Waals surface area contributed by atoms with Crippen LogP contribution in [0.5, 0.6) is 0 Å². The van der Waals surface area contributed by atoms with Gasteiger partial charge in [-0.1, -0.05) is 18.2 Å². The number of halogens is 3. The Balaban J connectivity index is 2.03. The van der Waals surface area contributed by atoms with Crippen LogP contribution in [0.15, 0.2) is 18.2 Å². The van der Waals surface area contributed by atoms with Crippen LogP contribution in [0.4, 0.5) is 13.2 Å². The quantitative estimate of drug-likeness (QED) is 0.643. The molecule has 0 spiro atoms. The molecule has 0 radical (unpaired) electrons. The van der Waals surface area contributed by atoms with Crippen molar-refractivity contribution in [1.29, 1.82) is 0 Å². The fourth-order valence-electron chi connectivity index (χ4n) is 2.51. The van der Waals surface area contributed by atoms with Crippen LogP contribution < -0.4 is 11.3 Å². The number of benzene rings is 1. The molecule has 0 bridgehead atoms. The lowest BCUT2D eigenvalue weighted by molar-refractivity contribution is -0.140. The summed E-state index contributed by atoms with van der Waals surface area (Å²) in [6, 6.07) is 5.19. The highest BCUT2D eigenvalue weighted by Gasteiger charge is 2.31. The predicted octanol–water partition coefficient (Wildman–Crippen LogP) is 2.50. The molecule has 5 heteroatoms. The van der Waals surface area contributed by atoms with Gasteiger partial charge in [-0.15, -0.1) is 0 Å².